The Labute approximate surface area is 183 Å². The maximum Gasteiger partial charge on any atom is 0.181 e. The number of benzene rings is 2. The number of imidazole rings is 1. The number of carbonyl (C=O) groups is 2. The van der Waals surface area contributed by atoms with Crippen LogP contribution in [0.3, 0.4) is 0 Å². The summed E-state index contributed by atoms with van der Waals surface area (Å²) in [5.41, 5.74) is 1.43. The van der Waals surface area contributed by atoms with Gasteiger partial charge in [0.25, 0.3) is 0 Å². The maximum absolute atomic E-state index is 13.9. The van der Waals surface area contributed by atoms with Crippen molar-refractivity contribution in [1.29, 1.82) is 0 Å². The molecule has 2 heterocycles. The van der Waals surface area contributed by atoms with Crippen molar-refractivity contribution in [1.82, 2.24) is 14.5 Å². The number of carbonyl (C=O) groups excluding carboxylic acids is 2. The summed E-state index contributed by atoms with van der Waals surface area (Å²) in [7, 11) is 3.01. The third-order valence-electron chi connectivity index (χ3n) is 5.08. The topological polar surface area (TPSA) is 83.3 Å². The van der Waals surface area contributed by atoms with E-state index in [1.807, 2.05) is 0 Å². The SMILES string of the molecule is COc1ccc(C(=O)CCC(=O)c2cccc(-n3cnc4c(F)cccc43)n2)cc1OC. The fourth-order valence-corrected chi connectivity index (χ4v) is 3.41. The number of halogens is 1. The zero-order valence-corrected chi connectivity index (χ0v) is 17.5. The van der Waals surface area contributed by atoms with Crippen LogP contribution in [0, 0.1) is 5.82 Å². The summed E-state index contributed by atoms with van der Waals surface area (Å²) in [6.45, 7) is 0. The first-order valence-corrected chi connectivity index (χ1v) is 9.89. The first-order chi connectivity index (χ1) is 15.5. The van der Waals surface area contributed by atoms with E-state index in [9.17, 15) is 14.0 Å². The van der Waals surface area contributed by atoms with Gasteiger partial charge in [-0.15, -0.1) is 0 Å². The Hall–Kier alpha value is -4.07. The molecule has 0 saturated carbocycles. The molecule has 4 aromatic rings. The lowest BCUT2D eigenvalue weighted by molar-refractivity contribution is 0.0915. The van der Waals surface area contributed by atoms with Crippen LogP contribution in [-0.4, -0.2) is 40.3 Å². The number of hydrogen-bond donors (Lipinski definition) is 0. The van der Waals surface area contributed by atoms with Gasteiger partial charge in [0.1, 0.15) is 23.4 Å². The molecule has 0 unspecified atom stereocenters. The molecule has 0 aliphatic heterocycles. The zero-order valence-electron chi connectivity index (χ0n) is 17.5. The molecule has 0 aliphatic carbocycles. The summed E-state index contributed by atoms with van der Waals surface area (Å²) in [5, 5.41) is 0. The van der Waals surface area contributed by atoms with E-state index in [0.717, 1.165) is 0 Å². The van der Waals surface area contributed by atoms with Crippen LogP contribution in [-0.2, 0) is 0 Å². The highest BCUT2D eigenvalue weighted by Gasteiger charge is 2.16. The summed E-state index contributed by atoms with van der Waals surface area (Å²) in [4.78, 5) is 33.7. The van der Waals surface area contributed by atoms with E-state index in [0.29, 0.717) is 28.4 Å². The second-order valence-electron chi connectivity index (χ2n) is 7.02. The molecule has 0 N–H and O–H groups in total. The van der Waals surface area contributed by atoms with E-state index in [1.165, 1.54) is 26.6 Å². The van der Waals surface area contributed by atoms with Gasteiger partial charge in [-0.25, -0.2) is 14.4 Å². The highest BCUT2D eigenvalue weighted by atomic mass is 19.1. The van der Waals surface area contributed by atoms with Crippen LogP contribution in [0.2, 0.25) is 0 Å². The molecule has 8 heteroatoms. The van der Waals surface area contributed by atoms with E-state index >= 15 is 0 Å². The van der Waals surface area contributed by atoms with Gasteiger partial charge in [0.05, 0.1) is 19.7 Å². The lowest BCUT2D eigenvalue weighted by atomic mass is 10.0. The third kappa shape index (κ3) is 4.07. The van der Waals surface area contributed by atoms with Gasteiger partial charge in [0.2, 0.25) is 0 Å². The van der Waals surface area contributed by atoms with Crippen LogP contribution >= 0.6 is 0 Å². The van der Waals surface area contributed by atoms with Crippen LogP contribution in [0.15, 0.2) is 60.9 Å². The molecular weight excluding hydrogens is 413 g/mol. The normalized spacial score (nSPS) is 10.8. The molecule has 0 atom stereocenters. The van der Waals surface area contributed by atoms with Crippen molar-refractivity contribution in [2.75, 3.05) is 14.2 Å². The second kappa shape index (κ2) is 8.97. The number of aromatic nitrogens is 3. The van der Waals surface area contributed by atoms with Crippen molar-refractivity contribution >= 4 is 22.6 Å². The molecule has 32 heavy (non-hydrogen) atoms. The van der Waals surface area contributed by atoms with E-state index in [2.05, 4.69) is 9.97 Å². The minimum absolute atomic E-state index is 0.00291. The average Bonchev–Trinajstić information content (AvgIpc) is 3.27. The smallest absolute Gasteiger partial charge is 0.181 e. The molecule has 4 rings (SSSR count). The van der Waals surface area contributed by atoms with Crippen molar-refractivity contribution in [3.8, 4) is 17.3 Å². The number of nitrogens with zero attached hydrogens (tertiary/aromatic N) is 3. The molecule has 2 aromatic carbocycles. The number of Topliss-reactive ketones (excluding diaryl/α,β-unsaturated/α-hetero) is 2. The number of pyridine rings is 1. The molecule has 0 bridgehead atoms. The number of para-hydroxylation sites is 1. The Morgan fingerprint density at radius 3 is 2.47 bits per heavy atom. The Morgan fingerprint density at radius 2 is 1.69 bits per heavy atom. The van der Waals surface area contributed by atoms with Gasteiger partial charge in [-0.1, -0.05) is 12.1 Å². The van der Waals surface area contributed by atoms with Crippen molar-refractivity contribution in [3.63, 3.8) is 0 Å². The van der Waals surface area contributed by atoms with Gasteiger partial charge < -0.3 is 9.47 Å². The number of ketones is 2. The summed E-state index contributed by atoms with van der Waals surface area (Å²) in [6, 6.07) is 14.5. The van der Waals surface area contributed by atoms with E-state index in [1.54, 1.807) is 53.1 Å². The monoisotopic (exact) mass is 433 g/mol. The molecule has 0 radical (unpaired) electrons. The molecule has 0 saturated heterocycles. The van der Waals surface area contributed by atoms with Crippen LogP contribution in [0.5, 0.6) is 11.5 Å². The number of hydrogen-bond acceptors (Lipinski definition) is 6. The van der Waals surface area contributed by atoms with Gasteiger partial charge in [-0.2, -0.15) is 0 Å². The molecule has 0 amide bonds. The second-order valence-corrected chi connectivity index (χ2v) is 7.02. The molecule has 0 aliphatic rings. The molecule has 7 nitrogen and oxygen atoms in total. The van der Waals surface area contributed by atoms with Crippen LogP contribution < -0.4 is 9.47 Å². The highest BCUT2D eigenvalue weighted by molar-refractivity contribution is 6.01. The number of rotatable bonds is 8. The van der Waals surface area contributed by atoms with Gasteiger partial charge in [0, 0.05) is 18.4 Å². The van der Waals surface area contributed by atoms with Crippen molar-refractivity contribution < 1.29 is 23.5 Å². The predicted octanol–water partition coefficient (Wildman–Crippen LogP) is 4.42. The van der Waals surface area contributed by atoms with Crippen molar-refractivity contribution in [2.45, 2.75) is 12.8 Å². The van der Waals surface area contributed by atoms with Crippen molar-refractivity contribution in [2.24, 2.45) is 0 Å². The van der Waals surface area contributed by atoms with Gasteiger partial charge in [-0.3, -0.25) is 14.2 Å². The summed E-state index contributed by atoms with van der Waals surface area (Å²) in [5.74, 6) is 0.524. The number of methoxy groups -OCH3 is 2. The van der Waals surface area contributed by atoms with Crippen LogP contribution in [0.1, 0.15) is 33.7 Å². The van der Waals surface area contributed by atoms with Crippen molar-refractivity contribution in [3.05, 3.63) is 78.0 Å². The Morgan fingerprint density at radius 1 is 0.938 bits per heavy atom. The van der Waals surface area contributed by atoms with Gasteiger partial charge in [-0.05, 0) is 42.5 Å². The van der Waals surface area contributed by atoms with E-state index in [-0.39, 0.29) is 35.6 Å². The quantitative estimate of drug-likeness (QED) is 0.383. The number of ether oxygens (including phenoxy) is 2. The van der Waals surface area contributed by atoms with E-state index < -0.39 is 5.82 Å². The largest absolute Gasteiger partial charge is 0.493 e. The molecule has 0 fully saturated rings. The standard InChI is InChI=1S/C24H20FN3O4/c1-31-21-12-9-15(13-22(21)32-2)19(29)10-11-20(30)17-6-4-8-23(27-17)28-14-26-24-16(25)5-3-7-18(24)28/h3-9,12-14H,10-11H2,1-2H3. The zero-order chi connectivity index (χ0) is 22.7. The molecule has 2 aromatic heterocycles. The third-order valence-corrected chi connectivity index (χ3v) is 5.08. The Balaban J connectivity index is 1.50. The van der Waals surface area contributed by atoms with Crippen LogP contribution in [0.4, 0.5) is 4.39 Å². The first kappa shape index (κ1) is 21.2. The predicted molar refractivity (Wildman–Crippen MR) is 116 cm³/mol. The van der Waals surface area contributed by atoms with E-state index in [4.69, 9.17) is 9.47 Å². The van der Waals surface area contributed by atoms with Gasteiger partial charge in [0.15, 0.2) is 28.9 Å². The summed E-state index contributed by atoms with van der Waals surface area (Å²) >= 11 is 0. The highest BCUT2D eigenvalue weighted by Crippen LogP contribution is 2.28. The minimum Gasteiger partial charge on any atom is -0.493 e. The fraction of sp³-hybridized carbons (Fsp3) is 0.167. The van der Waals surface area contributed by atoms with Gasteiger partial charge >= 0.3 is 0 Å². The average molecular weight is 433 g/mol. The molecular formula is C24H20FN3O4. The lowest BCUT2D eigenvalue weighted by Crippen LogP contribution is -2.08. The lowest BCUT2D eigenvalue weighted by Gasteiger charge is -2.09. The molecule has 162 valence electrons. The first-order valence-electron chi connectivity index (χ1n) is 9.89. The summed E-state index contributed by atoms with van der Waals surface area (Å²) < 4.78 is 25.9. The molecule has 0 spiro atoms. The maximum atomic E-state index is 13.9. The minimum atomic E-state index is -0.429. The fourth-order valence-electron chi connectivity index (χ4n) is 3.41. The summed E-state index contributed by atoms with van der Waals surface area (Å²) in [6.07, 6.45) is 1.49. The van der Waals surface area contributed by atoms with Crippen LogP contribution in [0.25, 0.3) is 16.9 Å². The Bertz CT molecular complexity index is 1320. The Kier molecular flexibility index (Phi) is 5.93. The number of fused-ring (bicyclic) bond motifs is 1.